The SMILES string of the molecule is N=C(N)c1ccc(C(=O)NCC(Cc2ccccc2)C(=O)N2CCC(CC(=O)O)CC2)cc1. The number of nitrogen functional groups attached to an aromatic ring is 1. The highest BCUT2D eigenvalue weighted by Gasteiger charge is 2.29. The van der Waals surface area contributed by atoms with Crippen molar-refractivity contribution in [1.29, 1.82) is 5.41 Å². The van der Waals surface area contributed by atoms with Crippen LogP contribution in [0.1, 0.15) is 40.7 Å². The molecule has 2 aromatic rings. The van der Waals surface area contributed by atoms with E-state index in [1.54, 1.807) is 29.2 Å². The lowest BCUT2D eigenvalue weighted by Crippen LogP contribution is -2.46. The predicted molar refractivity (Wildman–Crippen MR) is 125 cm³/mol. The van der Waals surface area contributed by atoms with Crippen LogP contribution in [0.3, 0.4) is 0 Å². The molecule has 1 unspecified atom stereocenters. The van der Waals surface area contributed by atoms with Crippen LogP contribution in [-0.2, 0) is 16.0 Å². The van der Waals surface area contributed by atoms with E-state index >= 15 is 0 Å². The van der Waals surface area contributed by atoms with E-state index < -0.39 is 11.9 Å². The Kier molecular flexibility index (Phi) is 8.18. The Balaban J connectivity index is 1.65. The second-order valence-electron chi connectivity index (χ2n) is 8.45. The second-order valence-corrected chi connectivity index (χ2v) is 8.45. The van der Waals surface area contributed by atoms with E-state index in [9.17, 15) is 14.4 Å². The lowest BCUT2D eigenvalue weighted by Gasteiger charge is -2.34. The molecule has 1 atom stereocenters. The number of amides is 2. The van der Waals surface area contributed by atoms with Gasteiger partial charge in [0, 0.05) is 37.2 Å². The molecular formula is C25H30N4O4. The normalized spacial score (nSPS) is 15.0. The third-order valence-electron chi connectivity index (χ3n) is 6.03. The zero-order valence-corrected chi connectivity index (χ0v) is 18.5. The summed E-state index contributed by atoms with van der Waals surface area (Å²) in [5, 5.41) is 19.3. The molecule has 2 amide bonds. The van der Waals surface area contributed by atoms with Crippen molar-refractivity contribution in [3.8, 4) is 0 Å². The Morgan fingerprint density at radius 1 is 1.03 bits per heavy atom. The van der Waals surface area contributed by atoms with Crippen LogP contribution in [0.15, 0.2) is 54.6 Å². The molecular weight excluding hydrogens is 420 g/mol. The molecule has 8 heteroatoms. The fourth-order valence-corrected chi connectivity index (χ4v) is 4.13. The first-order chi connectivity index (χ1) is 15.8. The van der Waals surface area contributed by atoms with Gasteiger partial charge < -0.3 is 21.1 Å². The Labute approximate surface area is 193 Å². The Morgan fingerprint density at radius 3 is 2.21 bits per heavy atom. The van der Waals surface area contributed by atoms with Gasteiger partial charge in [0.1, 0.15) is 5.84 Å². The number of carbonyl (C=O) groups excluding carboxylic acids is 2. The molecule has 1 aliphatic rings. The highest BCUT2D eigenvalue weighted by atomic mass is 16.4. The summed E-state index contributed by atoms with van der Waals surface area (Å²) in [6.07, 6.45) is 1.97. The first-order valence-corrected chi connectivity index (χ1v) is 11.1. The van der Waals surface area contributed by atoms with Gasteiger partial charge in [-0.3, -0.25) is 19.8 Å². The summed E-state index contributed by atoms with van der Waals surface area (Å²) in [6, 6.07) is 16.1. The maximum absolute atomic E-state index is 13.3. The molecule has 5 N–H and O–H groups in total. The number of carbonyl (C=O) groups is 3. The largest absolute Gasteiger partial charge is 0.481 e. The van der Waals surface area contributed by atoms with Gasteiger partial charge in [0.25, 0.3) is 5.91 Å². The molecule has 8 nitrogen and oxygen atoms in total. The van der Waals surface area contributed by atoms with Crippen LogP contribution in [0.2, 0.25) is 0 Å². The van der Waals surface area contributed by atoms with Gasteiger partial charge in [-0.1, -0.05) is 42.5 Å². The number of carboxylic acid groups (broad SMARTS) is 1. The molecule has 0 aromatic heterocycles. The second kappa shape index (κ2) is 11.3. The highest BCUT2D eigenvalue weighted by Crippen LogP contribution is 2.22. The molecule has 33 heavy (non-hydrogen) atoms. The van der Waals surface area contributed by atoms with E-state index in [2.05, 4.69) is 5.32 Å². The zero-order chi connectivity index (χ0) is 23.8. The topological polar surface area (TPSA) is 137 Å². The quantitative estimate of drug-likeness (QED) is 0.343. The summed E-state index contributed by atoms with van der Waals surface area (Å²) < 4.78 is 0. The minimum Gasteiger partial charge on any atom is -0.481 e. The molecule has 2 aromatic carbocycles. The Bertz CT molecular complexity index is 983. The van der Waals surface area contributed by atoms with Crippen LogP contribution in [-0.4, -0.2) is 53.3 Å². The van der Waals surface area contributed by atoms with Crippen LogP contribution >= 0.6 is 0 Å². The van der Waals surface area contributed by atoms with Crippen molar-refractivity contribution in [2.45, 2.75) is 25.7 Å². The number of nitrogens with two attached hydrogens (primary N) is 1. The lowest BCUT2D eigenvalue weighted by molar-refractivity contribution is -0.139. The first-order valence-electron chi connectivity index (χ1n) is 11.1. The fourth-order valence-electron chi connectivity index (χ4n) is 4.13. The summed E-state index contributed by atoms with van der Waals surface area (Å²) in [7, 11) is 0. The molecule has 0 bridgehead atoms. The molecule has 0 radical (unpaired) electrons. The standard InChI is InChI=1S/C25H30N4O4/c26-23(27)19-6-8-20(9-7-19)24(32)28-16-21(14-17-4-2-1-3-5-17)25(33)29-12-10-18(11-13-29)15-22(30)31/h1-9,18,21H,10-16H2,(H3,26,27)(H,28,32)(H,30,31). The van der Waals surface area contributed by atoms with Crippen LogP contribution in [0.4, 0.5) is 0 Å². The van der Waals surface area contributed by atoms with Crippen molar-refractivity contribution in [1.82, 2.24) is 10.2 Å². The van der Waals surface area contributed by atoms with Crippen molar-refractivity contribution in [3.05, 3.63) is 71.3 Å². The van der Waals surface area contributed by atoms with Crippen molar-refractivity contribution in [2.24, 2.45) is 17.6 Å². The average Bonchev–Trinajstić information content (AvgIpc) is 2.82. The fraction of sp³-hybridized carbons (Fsp3) is 0.360. The number of nitrogens with one attached hydrogen (secondary N) is 2. The number of benzene rings is 2. The third kappa shape index (κ3) is 6.90. The van der Waals surface area contributed by atoms with E-state index in [0.717, 1.165) is 5.56 Å². The summed E-state index contributed by atoms with van der Waals surface area (Å²) in [5.41, 5.74) is 7.44. The number of hydrogen-bond donors (Lipinski definition) is 4. The van der Waals surface area contributed by atoms with E-state index in [-0.39, 0.29) is 36.5 Å². The van der Waals surface area contributed by atoms with Crippen LogP contribution in [0.5, 0.6) is 0 Å². The van der Waals surface area contributed by atoms with Gasteiger partial charge >= 0.3 is 5.97 Å². The monoisotopic (exact) mass is 450 g/mol. The number of nitrogens with zero attached hydrogens (tertiary/aromatic N) is 1. The number of hydrogen-bond acceptors (Lipinski definition) is 4. The zero-order valence-electron chi connectivity index (χ0n) is 18.5. The van der Waals surface area contributed by atoms with Gasteiger partial charge in [-0.2, -0.15) is 0 Å². The predicted octanol–water partition coefficient (Wildman–Crippen LogP) is 2.27. The van der Waals surface area contributed by atoms with Crippen LogP contribution < -0.4 is 11.1 Å². The first kappa shape index (κ1) is 24.0. The van der Waals surface area contributed by atoms with E-state index in [1.165, 1.54) is 0 Å². The molecule has 1 aliphatic heterocycles. The molecule has 1 heterocycles. The van der Waals surface area contributed by atoms with E-state index in [4.69, 9.17) is 16.2 Å². The van der Waals surface area contributed by atoms with Crippen molar-refractivity contribution < 1.29 is 19.5 Å². The highest BCUT2D eigenvalue weighted by molar-refractivity contribution is 5.98. The summed E-state index contributed by atoms with van der Waals surface area (Å²) in [4.78, 5) is 38.7. The number of aliphatic carboxylic acids is 1. The number of amidine groups is 1. The van der Waals surface area contributed by atoms with Gasteiger partial charge in [-0.05, 0) is 42.9 Å². The number of piperidine rings is 1. The van der Waals surface area contributed by atoms with Crippen molar-refractivity contribution in [2.75, 3.05) is 19.6 Å². The van der Waals surface area contributed by atoms with Gasteiger partial charge in [0.05, 0.1) is 5.92 Å². The summed E-state index contributed by atoms with van der Waals surface area (Å²) in [6.45, 7) is 1.25. The summed E-state index contributed by atoms with van der Waals surface area (Å²) >= 11 is 0. The average molecular weight is 451 g/mol. The number of likely N-dealkylation sites (tertiary alicyclic amines) is 1. The smallest absolute Gasteiger partial charge is 0.303 e. The Morgan fingerprint density at radius 2 is 1.64 bits per heavy atom. The molecule has 0 aliphatic carbocycles. The molecule has 0 spiro atoms. The summed E-state index contributed by atoms with van der Waals surface area (Å²) in [5.74, 6) is -1.53. The van der Waals surface area contributed by atoms with Gasteiger partial charge in [-0.15, -0.1) is 0 Å². The number of rotatable bonds is 9. The maximum atomic E-state index is 13.3. The van der Waals surface area contributed by atoms with Crippen LogP contribution in [0, 0.1) is 17.2 Å². The molecule has 1 saturated heterocycles. The Hall–Kier alpha value is -3.68. The minimum atomic E-state index is -0.805. The van der Waals surface area contributed by atoms with Crippen molar-refractivity contribution in [3.63, 3.8) is 0 Å². The van der Waals surface area contributed by atoms with Gasteiger partial charge in [-0.25, -0.2) is 0 Å². The van der Waals surface area contributed by atoms with E-state index in [1.807, 2.05) is 30.3 Å². The molecule has 1 fully saturated rings. The molecule has 3 rings (SSSR count). The van der Waals surface area contributed by atoms with Crippen molar-refractivity contribution >= 4 is 23.6 Å². The lowest BCUT2D eigenvalue weighted by atomic mass is 9.91. The number of carboxylic acids is 1. The van der Waals surface area contributed by atoms with E-state index in [0.29, 0.717) is 43.5 Å². The molecule has 0 saturated carbocycles. The van der Waals surface area contributed by atoms with Crippen LogP contribution in [0.25, 0.3) is 0 Å². The third-order valence-corrected chi connectivity index (χ3v) is 6.03. The maximum Gasteiger partial charge on any atom is 0.303 e. The van der Waals surface area contributed by atoms with Gasteiger partial charge in [0.15, 0.2) is 0 Å². The minimum absolute atomic E-state index is 0.0279. The van der Waals surface area contributed by atoms with Gasteiger partial charge in [0.2, 0.25) is 5.91 Å². The molecule has 174 valence electrons.